The summed E-state index contributed by atoms with van der Waals surface area (Å²) in [6.45, 7) is 6.76. The first-order valence-corrected chi connectivity index (χ1v) is 8.94. The Balaban J connectivity index is 1.98. The van der Waals surface area contributed by atoms with E-state index < -0.39 is 5.97 Å². The third kappa shape index (κ3) is 6.40. The average Bonchev–Trinajstić information content (AvgIpc) is 3.11. The van der Waals surface area contributed by atoms with Gasteiger partial charge in [0.2, 0.25) is 11.7 Å². The van der Waals surface area contributed by atoms with Crippen LogP contribution >= 0.6 is 0 Å². The highest BCUT2D eigenvalue weighted by molar-refractivity contribution is 5.94. The number of carboxylic acid groups (broad SMARTS) is 1. The van der Waals surface area contributed by atoms with Gasteiger partial charge in [0.25, 0.3) is 5.91 Å². The Morgan fingerprint density at radius 1 is 1.26 bits per heavy atom. The number of carbonyl (C=O) groups excluding carboxylic acids is 1. The van der Waals surface area contributed by atoms with Crippen molar-refractivity contribution in [1.29, 1.82) is 0 Å². The second-order valence-corrected chi connectivity index (χ2v) is 6.56. The molecule has 1 amide bonds. The number of amides is 1. The van der Waals surface area contributed by atoms with Crippen molar-refractivity contribution < 1.29 is 24.0 Å². The second-order valence-electron chi connectivity index (χ2n) is 6.56. The Kier molecular flexibility index (Phi) is 7.34. The molecular formula is C19H25N3O5. The van der Waals surface area contributed by atoms with Gasteiger partial charge in [-0.1, -0.05) is 25.9 Å². The molecular weight excluding hydrogens is 350 g/mol. The quantitative estimate of drug-likeness (QED) is 0.680. The van der Waals surface area contributed by atoms with Gasteiger partial charge in [0.15, 0.2) is 6.61 Å². The molecule has 0 aliphatic carbocycles. The molecule has 0 saturated carbocycles. The van der Waals surface area contributed by atoms with Crippen molar-refractivity contribution in [3.63, 3.8) is 0 Å². The van der Waals surface area contributed by atoms with Crippen LogP contribution < -0.4 is 4.74 Å². The van der Waals surface area contributed by atoms with Crippen molar-refractivity contribution >= 4 is 11.9 Å². The molecule has 0 unspecified atom stereocenters. The third-order valence-corrected chi connectivity index (χ3v) is 3.75. The summed E-state index contributed by atoms with van der Waals surface area (Å²) in [6, 6.07) is 6.72. The summed E-state index contributed by atoms with van der Waals surface area (Å²) in [5, 5.41) is 12.7. The number of carboxylic acids is 1. The fraction of sp³-hybridized carbons (Fsp3) is 0.474. The van der Waals surface area contributed by atoms with Gasteiger partial charge >= 0.3 is 5.97 Å². The molecule has 0 radical (unpaired) electrons. The largest absolute Gasteiger partial charge is 0.485 e. The summed E-state index contributed by atoms with van der Waals surface area (Å²) in [7, 11) is 0. The zero-order valence-electron chi connectivity index (χ0n) is 15.8. The van der Waals surface area contributed by atoms with Gasteiger partial charge in [0.05, 0.1) is 6.42 Å². The first-order chi connectivity index (χ1) is 12.9. The number of aryl methyl sites for hydroxylation is 1. The molecule has 27 heavy (non-hydrogen) atoms. The Labute approximate surface area is 158 Å². The third-order valence-electron chi connectivity index (χ3n) is 3.75. The molecule has 0 bridgehead atoms. The van der Waals surface area contributed by atoms with E-state index in [9.17, 15) is 9.59 Å². The lowest BCUT2D eigenvalue weighted by Crippen LogP contribution is -2.35. The minimum absolute atomic E-state index is 0.0793. The monoisotopic (exact) mass is 375 g/mol. The number of carbonyl (C=O) groups is 2. The molecule has 0 aliphatic rings. The fourth-order valence-electron chi connectivity index (χ4n) is 2.46. The van der Waals surface area contributed by atoms with E-state index in [1.165, 1.54) is 0 Å². The maximum absolute atomic E-state index is 12.7. The highest BCUT2D eigenvalue weighted by Crippen LogP contribution is 2.16. The van der Waals surface area contributed by atoms with Gasteiger partial charge in [-0.3, -0.25) is 9.59 Å². The zero-order valence-corrected chi connectivity index (χ0v) is 15.8. The summed E-state index contributed by atoms with van der Waals surface area (Å²) in [4.78, 5) is 29.2. The van der Waals surface area contributed by atoms with Gasteiger partial charge in [-0.15, -0.1) is 0 Å². The average molecular weight is 375 g/mol. The van der Waals surface area contributed by atoms with Crippen molar-refractivity contribution in [2.24, 2.45) is 5.92 Å². The Morgan fingerprint density at radius 3 is 2.52 bits per heavy atom. The molecule has 8 nitrogen and oxygen atoms in total. The predicted octanol–water partition coefficient (Wildman–Crippen LogP) is 2.78. The minimum Gasteiger partial charge on any atom is -0.485 e. The summed E-state index contributed by atoms with van der Waals surface area (Å²) < 4.78 is 10.6. The van der Waals surface area contributed by atoms with Gasteiger partial charge in [0.1, 0.15) is 5.75 Å². The van der Waals surface area contributed by atoms with E-state index in [0.29, 0.717) is 36.0 Å². The Bertz CT molecular complexity index is 755. The standard InChI is InChI=1S/C19H25N3O5/c1-4-17-20-16(21-27-17)12-26-15-7-5-14(6-8-15)19(25)22(11-13(2)3)10-9-18(23)24/h5-8,13H,4,9-12H2,1-3H3,(H,23,24). The summed E-state index contributed by atoms with van der Waals surface area (Å²) >= 11 is 0. The Morgan fingerprint density at radius 2 is 1.96 bits per heavy atom. The number of ether oxygens (including phenoxy) is 1. The molecule has 0 atom stereocenters. The Hall–Kier alpha value is -2.90. The molecule has 0 aliphatic heterocycles. The fourth-order valence-corrected chi connectivity index (χ4v) is 2.46. The van der Waals surface area contributed by atoms with Crippen LogP contribution in [0.1, 0.15) is 49.3 Å². The van der Waals surface area contributed by atoms with Crippen molar-refractivity contribution in [2.75, 3.05) is 13.1 Å². The zero-order chi connectivity index (χ0) is 19.8. The molecule has 1 heterocycles. The number of aliphatic carboxylic acids is 1. The maximum Gasteiger partial charge on any atom is 0.305 e. The normalized spacial score (nSPS) is 10.8. The van der Waals surface area contributed by atoms with E-state index >= 15 is 0 Å². The van der Waals surface area contributed by atoms with Gasteiger partial charge in [0, 0.05) is 25.1 Å². The van der Waals surface area contributed by atoms with Crippen LogP contribution in [-0.2, 0) is 17.8 Å². The van der Waals surface area contributed by atoms with Gasteiger partial charge in [-0.2, -0.15) is 4.98 Å². The van der Waals surface area contributed by atoms with Crippen LogP contribution in [0.2, 0.25) is 0 Å². The van der Waals surface area contributed by atoms with Crippen LogP contribution in [0, 0.1) is 5.92 Å². The van der Waals surface area contributed by atoms with Crippen molar-refractivity contribution in [2.45, 2.75) is 40.2 Å². The number of benzene rings is 1. The molecule has 146 valence electrons. The minimum atomic E-state index is -0.923. The van der Waals surface area contributed by atoms with E-state index in [1.807, 2.05) is 20.8 Å². The number of nitrogens with zero attached hydrogens (tertiary/aromatic N) is 3. The van der Waals surface area contributed by atoms with Crippen LogP contribution in [0.3, 0.4) is 0 Å². The SMILES string of the molecule is CCc1nc(COc2ccc(C(=O)N(CCC(=O)O)CC(C)C)cc2)no1. The van der Waals surface area contributed by atoms with Crippen LogP contribution in [0.15, 0.2) is 28.8 Å². The van der Waals surface area contributed by atoms with E-state index in [1.54, 1.807) is 29.2 Å². The second kappa shape index (κ2) is 9.70. The lowest BCUT2D eigenvalue weighted by molar-refractivity contribution is -0.137. The van der Waals surface area contributed by atoms with Crippen molar-refractivity contribution in [3.05, 3.63) is 41.5 Å². The highest BCUT2D eigenvalue weighted by Gasteiger charge is 2.18. The molecule has 2 aromatic rings. The van der Waals surface area contributed by atoms with E-state index in [0.717, 1.165) is 0 Å². The molecule has 1 aromatic heterocycles. The van der Waals surface area contributed by atoms with E-state index in [4.69, 9.17) is 14.4 Å². The van der Waals surface area contributed by atoms with Crippen LogP contribution in [0.4, 0.5) is 0 Å². The van der Waals surface area contributed by atoms with Crippen LogP contribution in [0.25, 0.3) is 0 Å². The first kappa shape index (κ1) is 20.4. The summed E-state index contributed by atoms with van der Waals surface area (Å²) in [5.41, 5.74) is 0.487. The predicted molar refractivity (Wildman–Crippen MR) is 97.4 cm³/mol. The highest BCUT2D eigenvalue weighted by atomic mass is 16.5. The van der Waals surface area contributed by atoms with E-state index in [-0.39, 0.29) is 31.4 Å². The number of hydrogen-bond acceptors (Lipinski definition) is 6. The van der Waals surface area contributed by atoms with Crippen LogP contribution in [-0.4, -0.2) is 45.1 Å². The smallest absolute Gasteiger partial charge is 0.305 e. The summed E-state index contributed by atoms with van der Waals surface area (Å²) in [6.07, 6.45) is 0.586. The van der Waals surface area contributed by atoms with Crippen LogP contribution in [0.5, 0.6) is 5.75 Å². The maximum atomic E-state index is 12.7. The van der Waals surface area contributed by atoms with Gasteiger partial charge in [-0.25, -0.2) is 0 Å². The molecule has 0 saturated heterocycles. The molecule has 1 aromatic carbocycles. The number of rotatable bonds is 10. The topological polar surface area (TPSA) is 106 Å². The van der Waals surface area contributed by atoms with Gasteiger partial charge < -0.3 is 19.3 Å². The van der Waals surface area contributed by atoms with Crippen molar-refractivity contribution in [3.8, 4) is 5.75 Å². The molecule has 0 fully saturated rings. The summed E-state index contributed by atoms with van der Waals surface area (Å²) in [5.74, 6) is 0.726. The lowest BCUT2D eigenvalue weighted by atomic mass is 10.1. The first-order valence-electron chi connectivity index (χ1n) is 8.94. The molecule has 1 N–H and O–H groups in total. The lowest BCUT2D eigenvalue weighted by Gasteiger charge is -2.24. The molecule has 0 spiro atoms. The van der Waals surface area contributed by atoms with E-state index in [2.05, 4.69) is 10.1 Å². The molecule has 8 heteroatoms. The molecule has 2 rings (SSSR count). The number of aromatic nitrogens is 2. The number of hydrogen-bond donors (Lipinski definition) is 1. The van der Waals surface area contributed by atoms with Gasteiger partial charge in [-0.05, 0) is 30.2 Å². The van der Waals surface area contributed by atoms with Crippen molar-refractivity contribution in [1.82, 2.24) is 15.0 Å².